The van der Waals surface area contributed by atoms with Crippen LogP contribution in [0.5, 0.6) is 0 Å². The Hall–Kier alpha value is -2.65. The Balaban J connectivity index is 1.62. The summed E-state index contributed by atoms with van der Waals surface area (Å²) in [5.41, 5.74) is 3.09. The number of nitrogens with zero attached hydrogens (tertiary/aromatic N) is 3. The number of amides is 1. The molecule has 2 aromatic carbocycles. The van der Waals surface area contributed by atoms with E-state index in [1.165, 1.54) is 17.8 Å². The van der Waals surface area contributed by atoms with Crippen LogP contribution in [0.25, 0.3) is 16.9 Å². The first kappa shape index (κ1) is 23.5. The molecule has 174 valence electrons. The van der Waals surface area contributed by atoms with E-state index in [1.807, 2.05) is 38.1 Å². The quantitative estimate of drug-likeness (QED) is 0.469. The van der Waals surface area contributed by atoms with Crippen molar-refractivity contribution < 1.29 is 17.6 Å². The van der Waals surface area contributed by atoms with Crippen molar-refractivity contribution in [2.24, 2.45) is 0 Å². The van der Waals surface area contributed by atoms with Gasteiger partial charge in [-0.2, -0.15) is 0 Å². The van der Waals surface area contributed by atoms with Gasteiger partial charge in [-0.1, -0.05) is 53.7 Å². The van der Waals surface area contributed by atoms with Crippen LogP contribution in [-0.4, -0.2) is 58.6 Å². The zero-order chi connectivity index (χ0) is 23.6. The Morgan fingerprint density at radius 1 is 1.21 bits per heavy atom. The van der Waals surface area contributed by atoms with Gasteiger partial charge in [-0.05, 0) is 32.4 Å². The summed E-state index contributed by atoms with van der Waals surface area (Å²) in [6.45, 7) is 4.29. The molecule has 0 N–H and O–H groups in total. The summed E-state index contributed by atoms with van der Waals surface area (Å²) in [5.74, 6) is -0.318. The van der Waals surface area contributed by atoms with Crippen LogP contribution in [-0.2, 0) is 14.6 Å². The van der Waals surface area contributed by atoms with E-state index in [9.17, 15) is 17.6 Å². The van der Waals surface area contributed by atoms with Crippen molar-refractivity contribution in [1.82, 2.24) is 14.5 Å². The van der Waals surface area contributed by atoms with Gasteiger partial charge in [0.05, 0.1) is 34.8 Å². The summed E-state index contributed by atoms with van der Waals surface area (Å²) in [6, 6.07) is 14.1. The van der Waals surface area contributed by atoms with Crippen LogP contribution in [0.2, 0.25) is 0 Å². The van der Waals surface area contributed by atoms with Gasteiger partial charge >= 0.3 is 0 Å². The molecule has 9 heteroatoms. The number of carbonyl (C=O) groups is 1. The maximum Gasteiger partial charge on any atom is 0.233 e. The van der Waals surface area contributed by atoms with Gasteiger partial charge in [0.1, 0.15) is 5.82 Å². The number of sulfone groups is 1. The van der Waals surface area contributed by atoms with E-state index >= 15 is 0 Å². The molecular formula is C24H26FN3O3S2. The first-order chi connectivity index (χ1) is 15.8. The summed E-state index contributed by atoms with van der Waals surface area (Å²) < 4.78 is 40.2. The fourth-order valence-electron chi connectivity index (χ4n) is 4.10. The second kappa shape index (κ2) is 9.69. The summed E-state index contributed by atoms with van der Waals surface area (Å²) in [6.07, 6.45) is 2.15. The van der Waals surface area contributed by atoms with Crippen molar-refractivity contribution in [3.63, 3.8) is 0 Å². The molecule has 2 heterocycles. The highest BCUT2D eigenvalue weighted by Gasteiger charge is 2.34. The fraction of sp³-hybridized carbons (Fsp3) is 0.333. The second-order valence-electron chi connectivity index (χ2n) is 8.10. The van der Waals surface area contributed by atoms with Crippen LogP contribution < -0.4 is 0 Å². The fourth-order valence-corrected chi connectivity index (χ4v) is 6.70. The number of para-hydroxylation sites is 1. The molecule has 1 aliphatic heterocycles. The Kier molecular flexibility index (Phi) is 6.90. The number of hydrogen-bond acceptors (Lipinski definition) is 5. The van der Waals surface area contributed by atoms with Gasteiger partial charge in [-0.15, -0.1) is 0 Å². The molecule has 1 amide bonds. The molecule has 1 saturated heterocycles. The minimum Gasteiger partial charge on any atom is -0.338 e. The molecule has 33 heavy (non-hydrogen) atoms. The third kappa shape index (κ3) is 5.14. The molecule has 0 radical (unpaired) electrons. The van der Waals surface area contributed by atoms with Gasteiger partial charge < -0.3 is 4.90 Å². The number of thioether (sulfide) groups is 1. The highest BCUT2D eigenvalue weighted by atomic mass is 32.2. The van der Waals surface area contributed by atoms with Gasteiger partial charge in [0.2, 0.25) is 5.91 Å². The molecule has 0 bridgehead atoms. The molecule has 0 aliphatic carbocycles. The van der Waals surface area contributed by atoms with Crippen LogP contribution in [0.15, 0.2) is 59.9 Å². The van der Waals surface area contributed by atoms with E-state index < -0.39 is 9.84 Å². The van der Waals surface area contributed by atoms with Crippen molar-refractivity contribution in [1.29, 1.82) is 0 Å². The van der Waals surface area contributed by atoms with Crippen molar-refractivity contribution in [2.45, 2.75) is 31.5 Å². The Labute approximate surface area is 197 Å². The first-order valence-electron chi connectivity index (χ1n) is 10.8. The van der Waals surface area contributed by atoms with E-state index in [4.69, 9.17) is 0 Å². The monoisotopic (exact) mass is 487 g/mol. The molecule has 0 unspecified atom stereocenters. The van der Waals surface area contributed by atoms with Crippen molar-refractivity contribution >= 4 is 27.5 Å². The number of aryl methyl sites for hydroxylation is 1. The Morgan fingerprint density at radius 3 is 2.58 bits per heavy atom. The number of carbonyl (C=O) groups excluding carboxylic acids is 1. The van der Waals surface area contributed by atoms with E-state index in [1.54, 1.807) is 33.9 Å². The summed E-state index contributed by atoms with van der Waals surface area (Å²) in [5, 5.41) is 0.499. The van der Waals surface area contributed by atoms with Crippen molar-refractivity contribution in [2.75, 3.05) is 23.8 Å². The average Bonchev–Trinajstić information content (AvgIpc) is 3.36. The largest absolute Gasteiger partial charge is 0.338 e. The standard InChI is InChI=1S/C24H26FN3O3S2/c1-3-27(19-12-13-33(30,31)16-19)23(29)15-32-24-26-14-22(18-10-8-17(2)9-11-18)28(24)21-7-5-4-6-20(21)25/h4-11,14,19H,3,12-13,15-16H2,1-2H3/t19-/m0/s1. The predicted octanol–water partition coefficient (Wildman–Crippen LogP) is 4.11. The van der Waals surface area contributed by atoms with Crippen LogP contribution >= 0.6 is 11.8 Å². The van der Waals surface area contributed by atoms with Crippen LogP contribution in [0, 0.1) is 12.7 Å². The maximum atomic E-state index is 14.8. The van der Waals surface area contributed by atoms with Gasteiger partial charge in [-0.3, -0.25) is 9.36 Å². The maximum absolute atomic E-state index is 14.8. The number of imidazole rings is 1. The summed E-state index contributed by atoms with van der Waals surface area (Å²) in [4.78, 5) is 19.1. The van der Waals surface area contributed by atoms with Gasteiger partial charge in [-0.25, -0.2) is 17.8 Å². The summed E-state index contributed by atoms with van der Waals surface area (Å²) in [7, 11) is -3.09. The molecule has 1 aromatic heterocycles. The van der Waals surface area contributed by atoms with E-state index in [2.05, 4.69) is 4.98 Å². The Bertz CT molecular complexity index is 1260. The number of hydrogen-bond donors (Lipinski definition) is 0. The van der Waals surface area contributed by atoms with Gasteiger partial charge in [0.15, 0.2) is 15.0 Å². The highest BCUT2D eigenvalue weighted by Crippen LogP contribution is 2.31. The third-order valence-corrected chi connectivity index (χ3v) is 8.49. The molecule has 4 rings (SSSR count). The Morgan fingerprint density at radius 2 is 1.94 bits per heavy atom. The lowest BCUT2D eigenvalue weighted by atomic mass is 10.1. The van der Waals surface area contributed by atoms with E-state index in [-0.39, 0.29) is 35.0 Å². The molecule has 1 aliphatic rings. The molecule has 0 spiro atoms. The lowest BCUT2D eigenvalue weighted by Crippen LogP contribution is -2.42. The zero-order valence-corrected chi connectivity index (χ0v) is 20.2. The number of aromatic nitrogens is 2. The minimum absolute atomic E-state index is 0.0126. The molecule has 6 nitrogen and oxygen atoms in total. The molecule has 1 fully saturated rings. The lowest BCUT2D eigenvalue weighted by Gasteiger charge is -2.26. The van der Waals surface area contributed by atoms with Crippen LogP contribution in [0.3, 0.4) is 0 Å². The SMILES string of the molecule is CCN(C(=O)CSc1ncc(-c2ccc(C)cc2)n1-c1ccccc1F)[C@H]1CCS(=O)(=O)C1. The van der Waals surface area contributed by atoms with Crippen LogP contribution in [0.4, 0.5) is 4.39 Å². The normalized spacial score (nSPS) is 17.2. The zero-order valence-electron chi connectivity index (χ0n) is 18.6. The smallest absolute Gasteiger partial charge is 0.233 e. The topological polar surface area (TPSA) is 72.3 Å². The molecular weight excluding hydrogens is 461 g/mol. The predicted molar refractivity (Wildman–Crippen MR) is 129 cm³/mol. The average molecular weight is 488 g/mol. The minimum atomic E-state index is -3.09. The molecule has 1 atom stereocenters. The molecule has 0 saturated carbocycles. The van der Waals surface area contributed by atoms with Gasteiger partial charge in [0.25, 0.3) is 0 Å². The van der Waals surface area contributed by atoms with E-state index in [0.29, 0.717) is 23.8 Å². The second-order valence-corrected chi connectivity index (χ2v) is 11.3. The number of halogens is 1. The number of benzene rings is 2. The lowest BCUT2D eigenvalue weighted by molar-refractivity contribution is -0.129. The van der Waals surface area contributed by atoms with Crippen molar-refractivity contribution in [3.8, 4) is 16.9 Å². The van der Waals surface area contributed by atoms with E-state index in [0.717, 1.165) is 16.8 Å². The summed E-state index contributed by atoms with van der Waals surface area (Å²) >= 11 is 1.22. The van der Waals surface area contributed by atoms with Gasteiger partial charge in [0, 0.05) is 18.2 Å². The van der Waals surface area contributed by atoms with Crippen molar-refractivity contribution in [3.05, 3.63) is 66.1 Å². The van der Waals surface area contributed by atoms with Crippen LogP contribution in [0.1, 0.15) is 18.9 Å². The first-order valence-corrected chi connectivity index (χ1v) is 13.6. The number of rotatable bonds is 7. The highest BCUT2D eigenvalue weighted by molar-refractivity contribution is 7.99. The third-order valence-electron chi connectivity index (χ3n) is 5.81. The molecule has 3 aromatic rings.